The van der Waals surface area contributed by atoms with Crippen LogP contribution in [-0.2, 0) is 0 Å². The monoisotopic (exact) mass is 184 g/mol. The summed E-state index contributed by atoms with van der Waals surface area (Å²) >= 11 is 4.61. The molecule has 0 N–H and O–H groups in total. The van der Waals surface area contributed by atoms with Crippen LogP contribution in [0.2, 0.25) is 0 Å². The van der Waals surface area contributed by atoms with Gasteiger partial charge in [0.15, 0.2) is 0 Å². The van der Waals surface area contributed by atoms with Crippen LogP contribution in [0.4, 0.5) is 0 Å². The van der Waals surface area contributed by atoms with E-state index in [1.54, 1.807) is 0 Å². The van der Waals surface area contributed by atoms with E-state index in [1.165, 1.54) is 51.4 Å². The summed E-state index contributed by atoms with van der Waals surface area (Å²) in [5, 5.41) is 0.726. The van der Waals surface area contributed by atoms with Crippen molar-refractivity contribution >= 4 is 12.6 Å². The molecular formula is C11H20S. The highest BCUT2D eigenvalue weighted by molar-refractivity contribution is 7.80. The van der Waals surface area contributed by atoms with Gasteiger partial charge in [0.2, 0.25) is 0 Å². The molecule has 12 heavy (non-hydrogen) atoms. The summed E-state index contributed by atoms with van der Waals surface area (Å²) in [6.45, 7) is 0. The lowest BCUT2D eigenvalue weighted by atomic mass is 9.79. The highest BCUT2D eigenvalue weighted by atomic mass is 32.1. The summed E-state index contributed by atoms with van der Waals surface area (Å²) in [7, 11) is 0. The zero-order chi connectivity index (χ0) is 8.39. The van der Waals surface area contributed by atoms with E-state index < -0.39 is 0 Å². The molecule has 2 saturated carbocycles. The summed E-state index contributed by atoms with van der Waals surface area (Å²) in [6.07, 6.45) is 11.8. The fourth-order valence-electron chi connectivity index (χ4n) is 3.06. The Morgan fingerprint density at radius 2 is 1.42 bits per heavy atom. The second kappa shape index (κ2) is 4.04. The molecule has 2 unspecified atom stereocenters. The Balaban J connectivity index is 1.85. The predicted molar refractivity (Wildman–Crippen MR) is 56.7 cm³/mol. The quantitative estimate of drug-likeness (QED) is 0.591. The maximum Gasteiger partial charge on any atom is 0.00195 e. The Morgan fingerprint density at radius 3 is 2.08 bits per heavy atom. The maximum absolute atomic E-state index is 4.61. The molecule has 0 aromatic carbocycles. The molecule has 0 bridgehead atoms. The molecule has 0 spiro atoms. The first-order chi connectivity index (χ1) is 5.86. The first-order valence-corrected chi connectivity index (χ1v) is 6.06. The van der Waals surface area contributed by atoms with Gasteiger partial charge in [-0.05, 0) is 24.7 Å². The zero-order valence-corrected chi connectivity index (χ0v) is 8.73. The largest absolute Gasteiger partial charge is 0.176 e. The lowest BCUT2D eigenvalue weighted by molar-refractivity contribution is 0.257. The molecule has 2 atom stereocenters. The normalized spacial score (nSPS) is 38.8. The SMILES string of the molecule is SC1CCCC(C2CCCC2)C1. The second-order valence-corrected chi connectivity index (χ2v) is 5.36. The van der Waals surface area contributed by atoms with E-state index in [-0.39, 0.29) is 0 Å². The van der Waals surface area contributed by atoms with E-state index in [2.05, 4.69) is 12.6 Å². The molecule has 2 aliphatic carbocycles. The van der Waals surface area contributed by atoms with Gasteiger partial charge in [0.25, 0.3) is 0 Å². The van der Waals surface area contributed by atoms with Gasteiger partial charge in [0.1, 0.15) is 0 Å². The van der Waals surface area contributed by atoms with Crippen molar-refractivity contribution in [3.05, 3.63) is 0 Å². The van der Waals surface area contributed by atoms with E-state index in [0.29, 0.717) is 0 Å². The molecule has 0 aromatic heterocycles. The molecule has 70 valence electrons. The summed E-state index contributed by atoms with van der Waals surface area (Å²) in [4.78, 5) is 0. The van der Waals surface area contributed by atoms with E-state index >= 15 is 0 Å². The molecule has 0 amide bonds. The third kappa shape index (κ3) is 1.99. The second-order valence-electron chi connectivity index (χ2n) is 4.63. The Kier molecular flexibility index (Phi) is 3.00. The summed E-state index contributed by atoms with van der Waals surface area (Å²) in [5.41, 5.74) is 0. The van der Waals surface area contributed by atoms with Gasteiger partial charge in [-0.3, -0.25) is 0 Å². The predicted octanol–water partition coefficient (Wildman–Crippen LogP) is 3.67. The average molecular weight is 184 g/mol. The first kappa shape index (κ1) is 8.93. The van der Waals surface area contributed by atoms with Crippen LogP contribution in [0.1, 0.15) is 51.4 Å². The molecule has 1 heteroatoms. The third-order valence-corrected chi connectivity index (χ3v) is 4.22. The number of hydrogen-bond donors (Lipinski definition) is 1. The van der Waals surface area contributed by atoms with E-state index in [9.17, 15) is 0 Å². The summed E-state index contributed by atoms with van der Waals surface area (Å²) < 4.78 is 0. The van der Waals surface area contributed by atoms with Gasteiger partial charge in [-0.15, -0.1) is 0 Å². The molecular weight excluding hydrogens is 164 g/mol. The van der Waals surface area contributed by atoms with Crippen molar-refractivity contribution in [2.24, 2.45) is 11.8 Å². The lowest BCUT2D eigenvalue weighted by Gasteiger charge is -2.30. The molecule has 0 aliphatic heterocycles. The van der Waals surface area contributed by atoms with Gasteiger partial charge in [-0.25, -0.2) is 0 Å². The van der Waals surface area contributed by atoms with Crippen molar-refractivity contribution in [2.45, 2.75) is 56.6 Å². The van der Waals surface area contributed by atoms with Crippen LogP contribution < -0.4 is 0 Å². The highest BCUT2D eigenvalue weighted by Crippen LogP contribution is 2.40. The van der Waals surface area contributed by atoms with E-state index in [0.717, 1.165) is 17.1 Å². The van der Waals surface area contributed by atoms with Crippen molar-refractivity contribution < 1.29 is 0 Å². The van der Waals surface area contributed by atoms with Crippen LogP contribution in [0, 0.1) is 11.8 Å². The van der Waals surface area contributed by atoms with Crippen molar-refractivity contribution in [3.63, 3.8) is 0 Å². The van der Waals surface area contributed by atoms with Gasteiger partial charge in [0.05, 0.1) is 0 Å². The number of hydrogen-bond acceptors (Lipinski definition) is 1. The molecule has 0 radical (unpaired) electrons. The Morgan fingerprint density at radius 1 is 0.750 bits per heavy atom. The molecule has 0 aromatic rings. The maximum atomic E-state index is 4.61. The number of rotatable bonds is 1. The summed E-state index contributed by atoms with van der Waals surface area (Å²) in [6, 6.07) is 0. The molecule has 2 fully saturated rings. The Labute approximate surface area is 81.5 Å². The van der Waals surface area contributed by atoms with Gasteiger partial charge < -0.3 is 0 Å². The van der Waals surface area contributed by atoms with Crippen LogP contribution >= 0.6 is 12.6 Å². The molecule has 0 saturated heterocycles. The van der Waals surface area contributed by atoms with Crippen LogP contribution in [0.5, 0.6) is 0 Å². The zero-order valence-electron chi connectivity index (χ0n) is 7.84. The molecule has 0 heterocycles. The standard InChI is InChI=1S/C11H20S/c12-11-7-3-6-10(8-11)9-4-1-2-5-9/h9-12H,1-8H2. The van der Waals surface area contributed by atoms with Crippen molar-refractivity contribution in [1.29, 1.82) is 0 Å². The van der Waals surface area contributed by atoms with Crippen LogP contribution in [0.25, 0.3) is 0 Å². The smallest absolute Gasteiger partial charge is 0.00195 e. The lowest BCUT2D eigenvalue weighted by Crippen LogP contribution is -2.21. The summed E-state index contributed by atoms with van der Waals surface area (Å²) in [5.74, 6) is 2.13. The van der Waals surface area contributed by atoms with Crippen LogP contribution in [0.15, 0.2) is 0 Å². The van der Waals surface area contributed by atoms with Crippen molar-refractivity contribution in [1.82, 2.24) is 0 Å². The van der Waals surface area contributed by atoms with Crippen LogP contribution in [-0.4, -0.2) is 5.25 Å². The van der Waals surface area contributed by atoms with E-state index in [4.69, 9.17) is 0 Å². The topological polar surface area (TPSA) is 0 Å². The molecule has 0 nitrogen and oxygen atoms in total. The first-order valence-electron chi connectivity index (χ1n) is 5.54. The minimum atomic E-state index is 0.726. The fourth-order valence-corrected chi connectivity index (χ4v) is 3.51. The van der Waals surface area contributed by atoms with Gasteiger partial charge in [-0.1, -0.05) is 38.5 Å². The molecule has 2 aliphatic rings. The van der Waals surface area contributed by atoms with Crippen LogP contribution in [0.3, 0.4) is 0 Å². The Hall–Kier alpha value is 0.350. The third-order valence-electron chi connectivity index (χ3n) is 3.75. The number of thiol groups is 1. The van der Waals surface area contributed by atoms with Gasteiger partial charge in [0, 0.05) is 5.25 Å². The highest BCUT2D eigenvalue weighted by Gasteiger charge is 2.28. The van der Waals surface area contributed by atoms with Gasteiger partial charge >= 0.3 is 0 Å². The van der Waals surface area contributed by atoms with Gasteiger partial charge in [-0.2, -0.15) is 12.6 Å². The fraction of sp³-hybridized carbons (Fsp3) is 1.00. The van der Waals surface area contributed by atoms with Crippen molar-refractivity contribution in [2.75, 3.05) is 0 Å². The molecule has 2 rings (SSSR count). The average Bonchev–Trinajstić information content (AvgIpc) is 2.56. The van der Waals surface area contributed by atoms with Crippen molar-refractivity contribution in [3.8, 4) is 0 Å². The Bertz CT molecular complexity index is 138. The van der Waals surface area contributed by atoms with E-state index in [1.807, 2.05) is 0 Å². The minimum Gasteiger partial charge on any atom is -0.176 e. The minimum absolute atomic E-state index is 0.726.